The van der Waals surface area contributed by atoms with Gasteiger partial charge in [0.2, 0.25) is 15.9 Å². The predicted molar refractivity (Wildman–Crippen MR) is 104 cm³/mol. The number of alkyl halides is 3. The van der Waals surface area contributed by atoms with Crippen LogP contribution in [0.1, 0.15) is 17.5 Å². The first kappa shape index (κ1) is 22.4. The summed E-state index contributed by atoms with van der Waals surface area (Å²) in [5.41, 5.74) is -1.47. The number of carbonyl (C=O) groups excluding carboxylic acids is 1. The lowest BCUT2D eigenvalue weighted by Crippen LogP contribution is -2.29. The van der Waals surface area contributed by atoms with Gasteiger partial charge in [0.05, 0.1) is 26.9 Å². The van der Waals surface area contributed by atoms with Crippen LogP contribution in [0.25, 0.3) is 0 Å². The normalized spacial score (nSPS) is 16.7. The summed E-state index contributed by atoms with van der Waals surface area (Å²) in [5.74, 6) is -0.978. The van der Waals surface area contributed by atoms with Crippen molar-refractivity contribution >= 4 is 48.9 Å². The Bertz CT molecular complexity index is 1240. The van der Waals surface area contributed by atoms with E-state index in [0.29, 0.717) is 10.4 Å². The van der Waals surface area contributed by atoms with E-state index in [2.05, 4.69) is 0 Å². The average molecular weight is 483 g/mol. The lowest BCUT2D eigenvalue weighted by Gasteiger charge is -2.17. The first-order chi connectivity index (χ1) is 13.7. The van der Waals surface area contributed by atoms with Crippen molar-refractivity contribution in [1.29, 1.82) is 0 Å². The number of aryl methyl sites for hydroxylation is 1. The van der Waals surface area contributed by atoms with Crippen molar-refractivity contribution < 1.29 is 34.8 Å². The smallest absolute Gasteiger partial charge is 0.280 e. The van der Waals surface area contributed by atoms with Gasteiger partial charge in [0.25, 0.3) is 10.0 Å². The van der Waals surface area contributed by atoms with E-state index < -0.39 is 42.7 Å². The van der Waals surface area contributed by atoms with Gasteiger partial charge >= 0.3 is 6.18 Å². The molecule has 1 saturated heterocycles. The number of halogens is 4. The summed E-state index contributed by atoms with van der Waals surface area (Å²) in [4.78, 5) is 11.6. The minimum Gasteiger partial charge on any atom is -0.280 e. The standard InChI is InChI=1S/C17H14ClF3N2O5S2/c1-10-8-12(23-16(24)6-7-29(23,25)26)3-5-15(10)30(27,28)22-11-2-4-14(18)13(9-11)17(19,20)21/h2-5,8-9,22H,6-7H2,1H3. The molecule has 0 atom stereocenters. The highest BCUT2D eigenvalue weighted by Gasteiger charge is 2.37. The van der Waals surface area contributed by atoms with Crippen LogP contribution in [0.2, 0.25) is 5.02 Å². The maximum absolute atomic E-state index is 13.0. The second-order valence-electron chi connectivity index (χ2n) is 6.47. The molecule has 0 unspecified atom stereocenters. The minimum absolute atomic E-state index is 0.0141. The van der Waals surface area contributed by atoms with E-state index in [1.807, 2.05) is 4.72 Å². The van der Waals surface area contributed by atoms with E-state index in [9.17, 15) is 34.8 Å². The second-order valence-corrected chi connectivity index (χ2v) is 10.5. The van der Waals surface area contributed by atoms with Gasteiger partial charge in [0.1, 0.15) is 0 Å². The molecule has 0 aliphatic carbocycles. The third-order valence-electron chi connectivity index (χ3n) is 4.29. The maximum atomic E-state index is 13.0. The number of benzene rings is 2. The number of anilines is 2. The van der Waals surface area contributed by atoms with E-state index in [0.717, 1.165) is 24.3 Å². The third kappa shape index (κ3) is 4.25. The second kappa shape index (κ2) is 7.43. The number of sulfonamides is 2. The van der Waals surface area contributed by atoms with Crippen LogP contribution in [0.5, 0.6) is 0 Å². The fourth-order valence-corrected chi connectivity index (χ4v) is 5.90. The van der Waals surface area contributed by atoms with E-state index in [4.69, 9.17) is 11.6 Å². The Kier molecular flexibility index (Phi) is 5.54. The molecule has 0 bridgehead atoms. The molecule has 30 heavy (non-hydrogen) atoms. The van der Waals surface area contributed by atoms with E-state index >= 15 is 0 Å². The van der Waals surface area contributed by atoms with Crippen LogP contribution in [-0.4, -0.2) is 28.5 Å². The van der Waals surface area contributed by atoms with Crippen LogP contribution in [0.15, 0.2) is 41.3 Å². The third-order valence-corrected chi connectivity index (χ3v) is 7.85. The molecule has 1 fully saturated rings. The summed E-state index contributed by atoms with van der Waals surface area (Å²) < 4.78 is 91.0. The van der Waals surface area contributed by atoms with Crippen LogP contribution >= 0.6 is 11.6 Å². The topological polar surface area (TPSA) is 101 Å². The fourth-order valence-electron chi connectivity index (χ4n) is 2.95. The number of hydrogen-bond donors (Lipinski definition) is 1. The van der Waals surface area contributed by atoms with Gasteiger partial charge in [-0.1, -0.05) is 11.6 Å². The summed E-state index contributed by atoms with van der Waals surface area (Å²) in [6.07, 6.45) is -4.95. The molecule has 0 aromatic heterocycles. The van der Waals surface area contributed by atoms with Crippen molar-refractivity contribution in [3.63, 3.8) is 0 Å². The Hall–Kier alpha value is -2.31. The number of amides is 1. The molecule has 3 rings (SSSR count). The molecule has 1 aliphatic rings. The van der Waals surface area contributed by atoms with E-state index in [-0.39, 0.29) is 34.0 Å². The molecule has 1 aliphatic heterocycles. The number of carbonyl (C=O) groups is 1. The van der Waals surface area contributed by atoms with Crippen LogP contribution in [0.3, 0.4) is 0 Å². The van der Waals surface area contributed by atoms with Gasteiger partial charge in [-0.25, -0.2) is 21.1 Å². The molecular formula is C17H14ClF3N2O5S2. The number of rotatable bonds is 4. The lowest BCUT2D eigenvalue weighted by atomic mass is 10.2. The van der Waals surface area contributed by atoms with Gasteiger partial charge in [-0.2, -0.15) is 13.2 Å². The molecule has 13 heteroatoms. The van der Waals surface area contributed by atoms with Gasteiger partial charge in [-0.15, -0.1) is 0 Å². The van der Waals surface area contributed by atoms with Crippen LogP contribution in [0, 0.1) is 6.92 Å². The lowest BCUT2D eigenvalue weighted by molar-refractivity contribution is -0.137. The zero-order valence-corrected chi connectivity index (χ0v) is 17.6. The van der Waals surface area contributed by atoms with E-state index in [1.165, 1.54) is 13.0 Å². The molecule has 1 heterocycles. The molecule has 7 nitrogen and oxygen atoms in total. The molecule has 162 valence electrons. The van der Waals surface area contributed by atoms with Crippen LogP contribution < -0.4 is 9.03 Å². The van der Waals surface area contributed by atoms with Gasteiger partial charge in [0, 0.05) is 12.1 Å². The monoisotopic (exact) mass is 482 g/mol. The molecular weight excluding hydrogens is 469 g/mol. The Morgan fingerprint density at radius 1 is 1.13 bits per heavy atom. The van der Waals surface area contributed by atoms with Crippen molar-refractivity contribution in [3.05, 3.63) is 52.5 Å². The summed E-state index contributed by atoms with van der Waals surface area (Å²) in [6, 6.07) is 5.99. The van der Waals surface area contributed by atoms with Crippen LogP contribution in [-0.2, 0) is 31.0 Å². The van der Waals surface area contributed by atoms with Crippen molar-refractivity contribution in [2.45, 2.75) is 24.4 Å². The summed E-state index contributed by atoms with van der Waals surface area (Å²) in [6.45, 7) is 1.37. The van der Waals surface area contributed by atoms with Gasteiger partial charge in [0.15, 0.2) is 0 Å². The Morgan fingerprint density at radius 2 is 1.80 bits per heavy atom. The van der Waals surface area contributed by atoms with Gasteiger partial charge in [-0.3, -0.25) is 9.52 Å². The van der Waals surface area contributed by atoms with Crippen molar-refractivity contribution in [1.82, 2.24) is 0 Å². The quantitative estimate of drug-likeness (QED) is 0.718. The summed E-state index contributed by atoms with van der Waals surface area (Å²) in [5, 5.41) is -0.581. The van der Waals surface area contributed by atoms with E-state index in [1.54, 1.807) is 0 Å². The first-order valence-electron chi connectivity index (χ1n) is 8.28. The van der Waals surface area contributed by atoms with Gasteiger partial charge in [-0.05, 0) is 48.9 Å². The molecule has 2 aromatic rings. The largest absolute Gasteiger partial charge is 0.417 e. The number of nitrogens with zero attached hydrogens (tertiary/aromatic N) is 1. The predicted octanol–water partition coefficient (Wildman–Crippen LogP) is 3.53. The van der Waals surface area contributed by atoms with Crippen LogP contribution in [0.4, 0.5) is 24.5 Å². The minimum atomic E-state index is -4.77. The molecule has 1 amide bonds. The highest BCUT2D eigenvalue weighted by atomic mass is 35.5. The summed E-state index contributed by atoms with van der Waals surface area (Å²) in [7, 11) is -8.14. The number of hydrogen-bond acceptors (Lipinski definition) is 5. The Labute approximate surface area is 175 Å². The Balaban J connectivity index is 1.95. The van der Waals surface area contributed by atoms with Crippen molar-refractivity contribution in [3.8, 4) is 0 Å². The number of nitrogens with one attached hydrogen (secondary N) is 1. The highest BCUT2D eigenvalue weighted by molar-refractivity contribution is 7.94. The fraction of sp³-hybridized carbons (Fsp3) is 0.235. The summed E-state index contributed by atoms with van der Waals surface area (Å²) >= 11 is 5.53. The zero-order chi connectivity index (χ0) is 22.5. The van der Waals surface area contributed by atoms with Crippen molar-refractivity contribution in [2.24, 2.45) is 0 Å². The molecule has 0 spiro atoms. The Morgan fingerprint density at radius 3 is 2.33 bits per heavy atom. The molecule has 0 saturated carbocycles. The van der Waals surface area contributed by atoms with Gasteiger partial charge < -0.3 is 0 Å². The highest BCUT2D eigenvalue weighted by Crippen LogP contribution is 2.37. The zero-order valence-electron chi connectivity index (χ0n) is 15.2. The molecule has 1 N–H and O–H groups in total. The SMILES string of the molecule is Cc1cc(N2C(=O)CCS2(=O)=O)ccc1S(=O)(=O)Nc1ccc(Cl)c(C(F)(F)F)c1. The maximum Gasteiger partial charge on any atom is 0.417 e. The van der Waals surface area contributed by atoms with Crippen molar-refractivity contribution in [2.75, 3.05) is 14.8 Å². The average Bonchev–Trinajstić information content (AvgIpc) is 2.88. The molecule has 0 radical (unpaired) electrons. The molecule has 2 aromatic carbocycles. The first-order valence-corrected chi connectivity index (χ1v) is 11.8.